The highest BCUT2D eigenvalue weighted by Gasteiger charge is 2.55. The maximum absolute atomic E-state index is 13.6. The number of hydrogen-bond donors (Lipinski definition) is 1. The molecule has 0 aromatic carbocycles. The van der Waals surface area contributed by atoms with Crippen molar-refractivity contribution in [2.75, 3.05) is 6.54 Å². The number of urea groups is 1. The summed E-state index contributed by atoms with van der Waals surface area (Å²) in [6, 6.07) is 2.71. The number of carbonyl (C=O) groups is 3. The van der Waals surface area contributed by atoms with E-state index in [-0.39, 0.29) is 29.8 Å². The average molecular weight is 414 g/mol. The van der Waals surface area contributed by atoms with Crippen molar-refractivity contribution in [2.24, 2.45) is 23.7 Å². The van der Waals surface area contributed by atoms with Crippen LogP contribution < -0.4 is 5.32 Å². The van der Waals surface area contributed by atoms with Crippen molar-refractivity contribution >= 4 is 17.8 Å². The Hall–Kier alpha value is -2.31. The monoisotopic (exact) mass is 413 g/mol. The van der Waals surface area contributed by atoms with Gasteiger partial charge in [0, 0.05) is 5.54 Å². The summed E-state index contributed by atoms with van der Waals surface area (Å²) in [5, 5.41) is 2.73. The summed E-state index contributed by atoms with van der Waals surface area (Å²) >= 11 is 0. The normalized spacial score (nSPS) is 34.7. The summed E-state index contributed by atoms with van der Waals surface area (Å²) < 4.78 is 5.58. The number of furan rings is 1. The minimum atomic E-state index is -0.552. The van der Waals surface area contributed by atoms with E-state index in [4.69, 9.17) is 4.42 Å². The first-order chi connectivity index (χ1) is 14.3. The molecule has 1 aromatic rings. The Bertz CT molecular complexity index is 811. The molecule has 0 radical (unpaired) electrons. The highest BCUT2D eigenvalue weighted by Crippen LogP contribution is 2.58. The van der Waals surface area contributed by atoms with Gasteiger partial charge in [-0.15, -0.1) is 0 Å². The molecule has 162 valence electrons. The third-order valence-corrected chi connectivity index (χ3v) is 7.79. The molecule has 1 N–H and O–H groups in total. The van der Waals surface area contributed by atoms with Gasteiger partial charge in [-0.05, 0) is 74.3 Å². The maximum Gasteiger partial charge on any atom is 0.325 e. The summed E-state index contributed by atoms with van der Waals surface area (Å²) in [5.41, 5.74) is -0.171. The lowest BCUT2D eigenvalue weighted by atomic mass is 9.52. The summed E-state index contributed by atoms with van der Waals surface area (Å²) in [6.45, 7) is 3.99. The molecule has 4 aliphatic carbocycles. The van der Waals surface area contributed by atoms with Crippen LogP contribution in [0.4, 0.5) is 4.79 Å². The van der Waals surface area contributed by atoms with E-state index in [1.165, 1.54) is 19.3 Å². The summed E-state index contributed by atoms with van der Waals surface area (Å²) in [5.74, 6) is 2.34. The Labute approximate surface area is 177 Å². The van der Waals surface area contributed by atoms with Gasteiger partial charge in [0.25, 0.3) is 5.91 Å². The third kappa shape index (κ3) is 3.22. The van der Waals surface area contributed by atoms with Crippen LogP contribution in [-0.2, 0) is 16.1 Å². The lowest BCUT2D eigenvalue weighted by molar-refractivity contribution is -0.155. The van der Waals surface area contributed by atoms with E-state index in [1.54, 1.807) is 6.26 Å². The van der Waals surface area contributed by atoms with E-state index in [2.05, 4.69) is 5.32 Å². The van der Waals surface area contributed by atoms with Crippen molar-refractivity contribution in [2.45, 2.75) is 70.5 Å². The van der Waals surface area contributed by atoms with Gasteiger partial charge >= 0.3 is 6.03 Å². The van der Waals surface area contributed by atoms with Gasteiger partial charge < -0.3 is 14.6 Å². The number of nitrogens with one attached hydrogen (secondary N) is 1. The Morgan fingerprint density at radius 2 is 1.83 bits per heavy atom. The maximum atomic E-state index is 13.6. The van der Waals surface area contributed by atoms with Crippen molar-refractivity contribution in [1.29, 1.82) is 0 Å². The zero-order valence-corrected chi connectivity index (χ0v) is 17.8. The Balaban J connectivity index is 1.41. The van der Waals surface area contributed by atoms with Crippen molar-refractivity contribution in [3.8, 4) is 0 Å². The molecule has 7 heteroatoms. The van der Waals surface area contributed by atoms with Gasteiger partial charge in [0.2, 0.25) is 5.91 Å². The topological polar surface area (TPSA) is 82.9 Å². The molecule has 1 unspecified atom stereocenters. The number of amides is 4. The first kappa shape index (κ1) is 19.6. The predicted octanol–water partition coefficient (Wildman–Crippen LogP) is 3.15. The second-order valence-corrected chi connectivity index (χ2v) is 10.3. The zero-order valence-electron chi connectivity index (χ0n) is 17.8. The van der Waals surface area contributed by atoms with Crippen LogP contribution in [0.15, 0.2) is 22.8 Å². The molecule has 7 nitrogen and oxygen atoms in total. The van der Waals surface area contributed by atoms with Crippen LogP contribution in [-0.4, -0.2) is 45.8 Å². The van der Waals surface area contributed by atoms with Gasteiger partial charge in [-0.1, -0.05) is 13.8 Å². The van der Waals surface area contributed by atoms with Crippen LogP contribution in [0.25, 0.3) is 0 Å². The van der Waals surface area contributed by atoms with Crippen molar-refractivity contribution in [1.82, 2.24) is 15.1 Å². The molecule has 1 saturated heterocycles. The molecule has 1 aromatic heterocycles. The molecule has 1 aliphatic heterocycles. The van der Waals surface area contributed by atoms with Gasteiger partial charge in [-0.2, -0.15) is 0 Å². The number of hydrogen-bond acceptors (Lipinski definition) is 4. The van der Waals surface area contributed by atoms with E-state index in [0.29, 0.717) is 24.3 Å². The lowest BCUT2D eigenvalue weighted by Gasteiger charge is -2.60. The predicted molar refractivity (Wildman–Crippen MR) is 109 cm³/mol. The second-order valence-electron chi connectivity index (χ2n) is 10.3. The molecule has 6 rings (SSSR count). The number of carbonyl (C=O) groups excluding carboxylic acids is 3. The summed E-state index contributed by atoms with van der Waals surface area (Å²) in [6.07, 6.45) is 8.56. The van der Waals surface area contributed by atoms with Crippen molar-refractivity contribution < 1.29 is 18.8 Å². The Kier molecular flexibility index (Phi) is 4.67. The number of imide groups is 1. The van der Waals surface area contributed by atoms with Crippen LogP contribution in [0.3, 0.4) is 0 Å². The minimum Gasteiger partial charge on any atom is -0.467 e. The molecule has 30 heavy (non-hydrogen) atoms. The zero-order chi connectivity index (χ0) is 21.0. The van der Waals surface area contributed by atoms with E-state index < -0.39 is 12.1 Å². The lowest BCUT2D eigenvalue weighted by Crippen LogP contribution is -2.62. The van der Waals surface area contributed by atoms with Gasteiger partial charge in [0.05, 0.1) is 12.8 Å². The Morgan fingerprint density at radius 3 is 2.33 bits per heavy atom. The van der Waals surface area contributed by atoms with E-state index >= 15 is 0 Å². The molecule has 1 atom stereocenters. The molecular formula is C23H31N3O4. The van der Waals surface area contributed by atoms with E-state index in [0.717, 1.165) is 29.9 Å². The van der Waals surface area contributed by atoms with Crippen LogP contribution in [0, 0.1) is 23.7 Å². The number of rotatable bonds is 6. The van der Waals surface area contributed by atoms with Gasteiger partial charge in [-0.25, -0.2) is 4.79 Å². The standard InChI is InChI=1S/C23H31N3O4/c1-14(2)20-21(28)25(22(29)24-20)13-19(27)26(12-18-4-3-5-30-18)23-9-15-6-16(10-23)8-17(7-15)11-23/h3-5,14-17,20H,6-13H2,1-2H3,(H,24,29). The molecular weight excluding hydrogens is 382 g/mol. The molecule has 4 bridgehead atoms. The largest absolute Gasteiger partial charge is 0.467 e. The summed E-state index contributed by atoms with van der Waals surface area (Å²) in [7, 11) is 0. The van der Waals surface area contributed by atoms with Gasteiger partial charge in [-0.3, -0.25) is 14.5 Å². The number of nitrogens with zero attached hydrogens (tertiary/aromatic N) is 2. The van der Waals surface area contributed by atoms with E-state index in [1.807, 2.05) is 30.9 Å². The van der Waals surface area contributed by atoms with Gasteiger partial charge in [0.15, 0.2) is 0 Å². The minimum absolute atomic E-state index is 0.0103. The smallest absolute Gasteiger partial charge is 0.325 e. The first-order valence-corrected chi connectivity index (χ1v) is 11.3. The molecule has 5 fully saturated rings. The van der Waals surface area contributed by atoms with E-state index in [9.17, 15) is 14.4 Å². The molecule has 4 amide bonds. The highest BCUT2D eigenvalue weighted by molar-refractivity contribution is 6.06. The molecule has 4 saturated carbocycles. The fourth-order valence-corrected chi connectivity index (χ4v) is 6.84. The average Bonchev–Trinajstić information content (AvgIpc) is 3.28. The SMILES string of the molecule is CC(C)C1NC(=O)N(CC(=O)N(Cc2ccco2)C23CC4CC(CC(C4)C2)C3)C1=O. The fourth-order valence-electron chi connectivity index (χ4n) is 6.84. The molecule has 2 heterocycles. The van der Waals surface area contributed by atoms with Crippen LogP contribution in [0.2, 0.25) is 0 Å². The molecule has 0 spiro atoms. The fraction of sp³-hybridized carbons (Fsp3) is 0.696. The van der Waals surface area contributed by atoms with Crippen LogP contribution in [0.1, 0.15) is 58.1 Å². The van der Waals surface area contributed by atoms with Crippen molar-refractivity contribution in [3.05, 3.63) is 24.2 Å². The van der Waals surface area contributed by atoms with Gasteiger partial charge in [0.1, 0.15) is 18.3 Å². The van der Waals surface area contributed by atoms with Crippen molar-refractivity contribution in [3.63, 3.8) is 0 Å². The third-order valence-electron chi connectivity index (χ3n) is 7.79. The first-order valence-electron chi connectivity index (χ1n) is 11.3. The summed E-state index contributed by atoms with van der Waals surface area (Å²) in [4.78, 5) is 41.8. The quantitative estimate of drug-likeness (QED) is 0.726. The highest BCUT2D eigenvalue weighted by atomic mass is 16.3. The van der Waals surface area contributed by atoms with Crippen LogP contribution >= 0.6 is 0 Å². The Morgan fingerprint density at radius 1 is 1.20 bits per heavy atom. The molecule has 5 aliphatic rings. The van der Waals surface area contributed by atoms with Crippen LogP contribution in [0.5, 0.6) is 0 Å². The second kappa shape index (κ2) is 7.13.